The number of piperidine rings is 1. The van der Waals surface area contributed by atoms with Crippen LogP contribution in [0.1, 0.15) is 43.2 Å². The molecular weight excluding hydrogens is 390 g/mol. The van der Waals surface area contributed by atoms with Gasteiger partial charge in [0.05, 0.1) is 5.02 Å². The maximum atomic E-state index is 13.8. The number of benzene rings is 1. The average molecular weight is 410 g/mol. The number of alkyl halides is 3. The molecule has 0 unspecified atom stereocenters. The molecule has 1 aromatic carbocycles. The molecule has 0 aromatic heterocycles. The molecule has 4 nitrogen and oxygen atoms in total. The van der Waals surface area contributed by atoms with E-state index in [-0.39, 0.29) is 16.2 Å². The third kappa shape index (κ3) is 3.49. The van der Waals surface area contributed by atoms with Gasteiger partial charge in [0.15, 0.2) is 11.6 Å². The summed E-state index contributed by atoms with van der Waals surface area (Å²) in [6, 6.07) is 1.94. The minimum absolute atomic E-state index is 0.0595. The van der Waals surface area contributed by atoms with Crippen LogP contribution in [0.25, 0.3) is 0 Å². The van der Waals surface area contributed by atoms with E-state index in [1.54, 1.807) is 0 Å². The second-order valence-corrected chi connectivity index (χ2v) is 7.76. The molecule has 3 N–H and O–H groups in total. The summed E-state index contributed by atoms with van der Waals surface area (Å²) in [5.74, 6) is -3.12. The highest BCUT2D eigenvalue weighted by Crippen LogP contribution is 2.57. The van der Waals surface area contributed by atoms with Gasteiger partial charge < -0.3 is 15.5 Å². The Morgan fingerprint density at radius 1 is 1.30 bits per heavy atom. The number of hydrogen-bond donors (Lipinski definition) is 3. The van der Waals surface area contributed by atoms with Crippen LogP contribution in [-0.4, -0.2) is 34.9 Å². The van der Waals surface area contributed by atoms with Crippen molar-refractivity contribution >= 4 is 17.6 Å². The van der Waals surface area contributed by atoms with Crippen molar-refractivity contribution in [2.24, 2.45) is 5.92 Å². The number of rotatable bonds is 0. The van der Waals surface area contributed by atoms with Crippen molar-refractivity contribution in [3.8, 4) is 5.75 Å². The fourth-order valence-electron chi connectivity index (χ4n) is 5.03. The van der Waals surface area contributed by atoms with E-state index in [2.05, 4.69) is 5.32 Å². The fourth-order valence-corrected chi connectivity index (χ4v) is 5.43. The second kappa shape index (κ2) is 7.13. The molecule has 2 bridgehead atoms. The van der Waals surface area contributed by atoms with Crippen LogP contribution in [0, 0.1) is 11.7 Å². The lowest BCUT2D eigenvalue weighted by atomic mass is 9.53. The summed E-state index contributed by atoms with van der Waals surface area (Å²) in [4.78, 5) is 8.90. The normalized spacial score (nSPS) is 29.1. The average Bonchev–Trinajstić information content (AvgIpc) is 2.59. The van der Waals surface area contributed by atoms with Crippen LogP contribution in [0.15, 0.2) is 6.07 Å². The van der Waals surface area contributed by atoms with Gasteiger partial charge in [-0.1, -0.05) is 24.4 Å². The van der Waals surface area contributed by atoms with E-state index in [1.165, 1.54) is 25.3 Å². The first-order valence-corrected chi connectivity index (χ1v) is 9.19. The Kier molecular flexibility index (Phi) is 5.33. The molecule has 2 fully saturated rings. The van der Waals surface area contributed by atoms with Crippen LogP contribution in [0.4, 0.5) is 17.6 Å². The van der Waals surface area contributed by atoms with E-state index in [0.717, 1.165) is 36.9 Å². The summed E-state index contributed by atoms with van der Waals surface area (Å²) in [6.45, 7) is 0.995. The third-order valence-corrected chi connectivity index (χ3v) is 6.39. The predicted octanol–water partition coefficient (Wildman–Crippen LogP) is 4.16. The molecular formula is C18H20ClF4NO3. The van der Waals surface area contributed by atoms with E-state index >= 15 is 0 Å². The Balaban J connectivity index is 0.000000260. The van der Waals surface area contributed by atoms with Crippen LogP contribution in [-0.2, 0) is 16.6 Å². The van der Waals surface area contributed by atoms with Gasteiger partial charge in [-0.15, -0.1) is 0 Å². The number of hydrogen-bond acceptors (Lipinski definition) is 3. The number of aromatic hydroxyl groups is 1. The molecule has 2 aliphatic carbocycles. The number of halogens is 5. The van der Waals surface area contributed by atoms with E-state index < -0.39 is 18.0 Å². The number of carboxylic acid groups (broad SMARTS) is 1. The summed E-state index contributed by atoms with van der Waals surface area (Å²) in [5, 5.41) is 20.9. The van der Waals surface area contributed by atoms with E-state index in [1.807, 2.05) is 0 Å². The molecule has 1 saturated heterocycles. The van der Waals surface area contributed by atoms with Gasteiger partial charge in [0, 0.05) is 11.5 Å². The number of carbonyl (C=O) groups is 1. The van der Waals surface area contributed by atoms with Gasteiger partial charge in [-0.2, -0.15) is 13.2 Å². The van der Waals surface area contributed by atoms with Crippen LogP contribution in [0.2, 0.25) is 5.02 Å². The number of nitrogens with one attached hydrogen (secondary N) is 1. The molecule has 0 spiro atoms. The Hall–Kier alpha value is -1.54. The number of phenols is 1. The number of fused-ring (bicyclic) bond motifs is 1. The topological polar surface area (TPSA) is 69.6 Å². The van der Waals surface area contributed by atoms with Gasteiger partial charge in [-0.3, -0.25) is 0 Å². The monoisotopic (exact) mass is 409 g/mol. The fraction of sp³-hybridized carbons (Fsp3) is 0.611. The van der Waals surface area contributed by atoms with Crippen LogP contribution in [0.5, 0.6) is 5.75 Å². The minimum Gasteiger partial charge on any atom is -0.504 e. The highest BCUT2D eigenvalue weighted by molar-refractivity contribution is 6.33. The SMILES string of the molecule is O=C(O)C(F)(F)F.Oc1c(F)cc2c(c1Cl)[C@]13CCCC[C@@H]1[C@H](C2)NCC3. The summed E-state index contributed by atoms with van der Waals surface area (Å²) < 4.78 is 45.5. The summed E-state index contributed by atoms with van der Waals surface area (Å²) in [5.41, 5.74) is 2.12. The van der Waals surface area contributed by atoms with Gasteiger partial charge in [-0.05, 0) is 55.3 Å². The maximum absolute atomic E-state index is 13.8. The first kappa shape index (κ1) is 20.2. The van der Waals surface area contributed by atoms with Gasteiger partial charge in [0.2, 0.25) is 0 Å². The number of carboxylic acids is 1. The first-order chi connectivity index (χ1) is 12.6. The molecule has 4 rings (SSSR count). The third-order valence-electron chi connectivity index (χ3n) is 6.02. The molecule has 1 aromatic rings. The molecule has 3 aliphatic rings. The lowest BCUT2D eigenvalue weighted by molar-refractivity contribution is -0.192. The second-order valence-electron chi connectivity index (χ2n) is 7.38. The zero-order valence-corrected chi connectivity index (χ0v) is 15.1. The summed E-state index contributed by atoms with van der Waals surface area (Å²) in [6.07, 6.45) is 1.60. The van der Waals surface area contributed by atoms with Gasteiger partial charge in [0.1, 0.15) is 0 Å². The van der Waals surface area contributed by atoms with E-state index in [9.17, 15) is 22.7 Å². The van der Waals surface area contributed by atoms with Crippen LogP contribution in [0.3, 0.4) is 0 Å². The molecule has 0 amide bonds. The summed E-state index contributed by atoms with van der Waals surface area (Å²) >= 11 is 6.37. The predicted molar refractivity (Wildman–Crippen MR) is 90.5 cm³/mol. The Bertz CT molecular complexity index is 751. The lowest BCUT2D eigenvalue weighted by Crippen LogP contribution is -2.59. The van der Waals surface area contributed by atoms with Gasteiger partial charge in [0.25, 0.3) is 0 Å². The van der Waals surface area contributed by atoms with Crippen molar-refractivity contribution in [2.45, 2.75) is 56.2 Å². The number of phenolic OH excluding ortho intramolecular Hbond substituents is 1. The van der Waals surface area contributed by atoms with Crippen molar-refractivity contribution in [3.63, 3.8) is 0 Å². The first-order valence-electron chi connectivity index (χ1n) is 8.81. The highest BCUT2D eigenvalue weighted by atomic mass is 35.5. The van der Waals surface area contributed by atoms with Crippen molar-refractivity contribution < 1.29 is 32.6 Å². The van der Waals surface area contributed by atoms with Crippen LogP contribution < -0.4 is 5.32 Å². The van der Waals surface area contributed by atoms with Crippen molar-refractivity contribution in [1.82, 2.24) is 5.32 Å². The molecule has 150 valence electrons. The van der Waals surface area contributed by atoms with Crippen LogP contribution >= 0.6 is 11.6 Å². The quantitative estimate of drug-likeness (QED) is 0.563. The molecule has 0 radical (unpaired) electrons. The molecule has 3 atom stereocenters. The zero-order chi connectivity index (χ0) is 20.0. The molecule has 9 heteroatoms. The maximum Gasteiger partial charge on any atom is 0.490 e. The number of aliphatic carboxylic acids is 1. The molecule has 1 aliphatic heterocycles. The zero-order valence-electron chi connectivity index (χ0n) is 14.4. The minimum atomic E-state index is -5.08. The Morgan fingerprint density at radius 2 is 1.96 bits per heavy atom. The van der Waals surface area contributed by atoms with Gasteiger partial charge in [-0.25, -0.2) is 9.18 Å². The smallest absolute Gasteiger partial charge is 0.490 e. The van der Waals surface area contributed by atoms with Gasteiger partial charge >= 0.3 is 12.1 Å². The highest BCUT2D eigenvalue weighted by Gasteiger charge is 2.52. The molecule has 1 heterocycles. The van der Waals surface area contributed by atoms with E-state index in [0.29, 0.717) is 12.0 Å². The molecule has 1 saturated carbocycles. The van der Waals surface area contributed by atoms with E-state index in [4.69, 9.17) is 21.5 Å². The summed E-state index contributed by atoms with van der Waals surface area (Å²) in [7, 11) is 0. The standard InChI is InChI=1S/C16H19ClFNO.C2HF3O2/c17-14-13-9(7-11(18)15(14)20)8-12-10-3-1-2-4-16(10,13)5-6-19-12;3-2(4,5)1(6)7/h7,10,12,19-20H,1-6,8H2;(H,6,7)/t10-,12+,16+;/m1./s1. The van der Waals surface area contributed by atoms with Crippen molar-refractivity contribution in [2.75, 3.05) is 6.54 Å². The van der Waals surface area contributed by atoms with Crippen molar-refractivity contribution in [3.05, 3.63) is 28.0 Å². The molecule has 27 heavy (non-hydrogen) atoms. The van der Waals surface area contributed by atoms with Crippen molar-refractivity contribution in [1.29, 1.82) is 0 Å². The Morgan fingerprint density at radius 3 is 2.59 bits per heavy atom. The lowest BCUT2D eigenvalue weighted by Gasteiger charge is -2.56. The Labute approximate surface area is 158 Å². The largest absolute Gasteiger partial charge is 0.504 e.